The van der Waals surface area contributed by atoms with Crippen molar-refractivity contribution in [1.29, 1.82) is 0 Å². The van der Waals surface area contributed by atoms with Gasteiger partial charge in [0.2, 0.25) is 0 Å². The molecule has 1 aromatic heterocycles. The van der Waals surface area contributed by atoms with Crippen LogP contribution in [0.2, 0.25) is 0 Å². The smallest absolute Gasteiger partial charge is 0.173 e. The molecule has 0 unspecified atom stereocenters. The molecule has 0 N–H and O–H groups in total. The predicted molar refractivity (Wildman–Crippen MR) is 102 cm³/mol. The van der Waals surface area contributed by atoms with Crippen LogP contribution in [0.5, 0.6) is 11.5 Å². The molecule has 0 radical (unpaired) electrons. The minimum atomic E-state index is 0.0187. The topological polar surface area (TPSA) is 53.3 Å². The van der Waals surface area contributed by atoms with E-state index in [2.05, 4.69) is 17.1 Å². The van der Waals surface area contributed by atoms with Crippen molar-refractivity contribution in [3.05, 3.63) is 72.1 Å². The molecule has 0 aliphatic rings. The molecule has 3 rings (SSSR count). The summed E-state index contributed by atoms with van der Waals surface area (Å²) in [5.41, 5.74) is 1.79. The van der Waals surface area contributed by atoms with Gasteiger partial charge in [-0.1, -0.05) is 42.1 Å². The summed E-state index contributed by atoms with van der Waals surface area (Å²) in [4.78, 5) is 16.9. The lowest BCUT2D eigenvalue weighted by atomic mass is 10.1. The van der Waals surface area contributed by atoms with Gasteiger partial charge in [-0.2, -0.15) is 0 Å². The van der Waals surface area contributed by atoms with Gasteiger partial charge in [0.1, 0.15) is 0 Å². The lowest BCUT2D eigenvalue weighted by molar-refractivity contribution is 0.102. The van der Waals surface area contributed by atoms with Crippen LogP contribution in [-0.2, 0) is 6.54 Å². The molecule has 134 valence electrons. The monoisotopic (exact) mass is 368 g/mol. The number of ether oxygens (including phenoxy) is 2. The number of benzene rings is 2. The molecule has 0 spiro atoms. The fourth-order valence-corrected chi connectivity index (χ4v) is 3.41. The summed E-state index contributed by atoms with van der Waals surface area (Å²) in [5.74, 6) is 1.48. The Hall–Kier alpha value is -2.73. The SMILES string of the molecule is COc1ccc(C(=O)CSc2nccn2Cc2ccccc2)cc1OC. The van der Waals surface area contributed by atoms with E-state index in [1.807, 2.05) is 29.0 Å². The fourth-order valence-electron chi connectivity index (χ4n) is 2.56. The van der Waals surface area contributed by atoms with E-state index < -0.39 is 0 Å². The highest BCUT2D eigenvalue weighted by Gasteiger charge is 2.13. The minimum Gasteiger partial charge on any atom is -0.493 e. The van der Waals surface area contributed by atoms with E-state index in [1.54, 1.807) is 38.6 Å². The Morgan fingerprint density at radius 2 is 1.85 bits per heavy atom. The molecule has 1 heterocycles. The van der Waals surface area contributed by atoms with Crippen LogP contribution >= 0.6 is 11.8 Å². The number of Topliss-reactive ketones (excluding diaryl/α,β-unsaturated/α-hetero) is 1. The number of hydrogen-bond acceptors (Lipinski definition) is 5. The van der Waals surface area contributed by atoms with E-state index in [1.165, 1.54) is 17.3 Å². The van der Waals surface area contributed by atoms with Gasteiger partial charge in [-0.05, 0) is 23.8 Å². The summed E-state index contributed by atoms with van der Waals surface area (Å²) in [6.45, 7) is 0.730. The molecule has 0 atom stereocenters. The standard InChI is InChI=1S/C20H20N2O3S/c1-24-18-9-8-16(12-19(18)25-2)17(23)14-26-20-21-10-11-22(20)13-15-6-4-3-5-7-15/h3-12H,13-14H2,1-2H3. The number of rotatable bonds is 8. The average Bonchev–Trinajstić information content (AvgIpc) is 3.13. The highest BCUT2D eigenvalue weighted by Crippen LogP contribution is 2.28. The third kappa shape index (κ3) is 4.26. The van der Waals surface area contributed by atoms with Crippen LogP contribution in [-0.4, -0.2) is 35.3 Å². The van der Waals surface area contributed by atoms with Crippen LogP contribution in [0.1, 0.15) is 15.9 Å². The Labute approximate surface area is 157 Å². The highest BCUT2D eigenvalue weighted by atomic mass is 32.2. The zero-order valence-electron chi connectivity index (χ0n) is 14.7. The summed E-state index contributed by atoms with van der Waals surface area (Å²) in [7, 11) is 3.13. The van der Waals surface area contributed by atoms with E-state index in [9.17, 15) is 4.79 Å². The van der Waals surface area contributed by atoms with Crippen molar-refractivity contribution in [2.24, 2.45) is 0 Å². The number of methoxy groups -OCH3 is 2. The summed E-state index contributed by atoms with van der Waals surface area (Å²) in [6.07, 6.45) is 3.68. The maximum absolute atomic E-state index is 12.5. The van der Waals surface area contributed by atoms with Crippen LogP contribution in [0.3, 0.4) is 0 Å². The third-order valence-electron chi connectivity index (χ3n) is 3.91. The van der Waals surface area contributed by atoms with Crippen LogP contribution in [0, 0.1) is 0 Å². The Morgan fingerprint density at radius 1 is 1.08 bits per heavy atom. The number of hydrogen-bond donors (Lipinski definition) is 0. The Balaban J connectivity index is 1.66. The third-order valence-corrected chi connectivity index (χ3v) is 4.92. The number of carbonyl (C=O) groups is 1. The van der Waals surface area contributed by atoms with Crippen molar-refractivity contribution in [1.82, 2.24) is 9.55 Å². The summed E-state index contributed by atoms with van der Waals surface area (Å²) >= 11 is 1.43. The number of imidazole rings is 1. The molecule has 26 heavy (non-hydrogen) atoms. The first kappa shape index (κ1) is 18.1. The molecular weight excluding hydrogens is 348 g/mol. The second-order valence-corrected chi connectivity index (χ2v) is 6.55. The Kier molecular flexibility index (Phi) is 5.96. The van der Waals surface area contributed by atoms with Crippen molar-refractivity contribution in [3.8, 4) is 11.5 Å². The molecule has 3 aromatic rings. The molecule has 0 aliphatic heterocycles. The lowest BCUT2D eigenvalue weighted by Crippen LogP contribution is -2.06. The maximum Gasteiger partial charge on any atom is 0.173 e. The molecule has 2 aromatic carbocycles. The van der Waals surface area contributed by atoms with Crippen LogP contribution in [0.15, 0.2) is 66.1 Å². The molecule has 0 amide bonds. The van der Waals surface area contributed by atoms with Gasteiger partial charge in [0.05, 0.1) is 20.0 Å². The fraction of sp³-hybridized carbons (Fsp3) is 0.200. The molecule has 0 fully saturated rings. The van der Waals surface area contributed by atoms with E-state index in [0.717, 1.165) is 11.7 Å². The van der Waals surface area contributed by atoms with E-state index in [0.29, 0.717) is 22.8 Å². The zero-order valence-corrected chi connectivity index (χ0v) is 15.5. The number of nitrogens with zero attached hydrogens (tertiary/aromatic N) is 2. The van der Waals surface area contributed by atoms with E-state index in [-0.39, 0.29) is 5.78 Å². The molecule has 0 bridgehead atoms. The first-order chi connectivity index (χ1) is 12.7. The van der Waals surface area contributed by atoms with Gasteiger partial charge in [0.15, 0.2) is 22.4 Å². The first-order valence-corrected chi connectivity index (χ1v) is 9.13. The first-order valence-electron chi connectivity index (χ1n) is 8.14. The summed E-state index contributed by atoms with van der Waals surface area (Å²) < 4.78 is 12.5. The second-order valence-electron chi connectivity index (χ2n) is 5.60. The van der Waals surface area contributed by atoms with Crippen LogP contribution in [0.25, 0.3) is 0 Å². The Morgan fingerprint density at radius 3 is 2.58 bits per heavy atom. The van der Waals surface area contributed by atoms with Gasteiger partial charge in [0.25, 0.3) is 0 Å². The molecule has 0 saturated heterocycles. The minimum absolute atomic E-state index is 0.0187. The van der Waals surface area contributed by atoms with Gasteiger partial charge in [-0.25, -0.2) is 4.98 Å². The Bertz CT molecular complexity index is 878. The molecular formula is C20H20N2O3S. The average molecular weight is 368 g/mol. The summed E-state index contributed by atoms with van der Waals surface area (Å²) in [6, 6.07) is 15.4. The molecule has 5 nitrogen and oxygen atoms in total. The van der Waals surface area contributed by atoms with Gasteiger partial charge >= 0.3 is 0 Å². The van der Waals surface area contributed by atoms with Gasteiger partial charge in [0, 0.05) is 24.5 Å². The second kappa shape index (κ2) is 8.58. The summed E-state index contributed by atoms with van der Waals surface area (Å²) in [5, 5.41) is 0.822. The van der Waals surface area contributed by atoms with Crippen molar-refractivity contribution >= 4 is 17.5 Å². The van der Waals surface area contributed by atoms with Gasteiger partial charge in [-0.15, -0.1) is 0 Å². The largest absolute Gasteiger partial charge is 0.493 e. The molecule has 0 aliphatic carbocycles. The number of carbonyl (C=O) groups excluding carboxylic acids is 1. The molecule has 6 heteroatoms. The lowest BCUT2D eigenvalue weighted by Gasteiger charge is -2.10. The number of aromatic nitrogens is 2. The van der Waals surface area contributed by atoms with Crippen molar-refractivity contribution in [2.45, 2.75) is 11.7 Å². The van der Waals surface area contributed by atoms with Crippen LogP contribution < -0.4 is 9.47 Å². The maximum atomic E-state index is 12.5. The predicted octanol–water partition coefficient (Wildman–Crippen LogP) is 3.92. The van der Waals surface area contributed by atoms with Gasteiger partial charge < -0.3 is 14.0 Å². The van der Waals surface area contributed by atoms with E-state index in [4.69, 9.17) is 9.47 Å². The van der Waals surface area contributed by atoms with Crippen molar-refractivity contribution in [2.75, 3.05) is 20.0 Å². The van der Waals surface area contributed by atoms with Gasteiger partial charge in [-0.3, -0.25) is 4.79 Å². The number of ketones is 1. The van der Waals surface area contributed by atoms with Crippen LogP contribution in [0.4, 0.5) is 0 Å². The normalized spacial score (nSPS) is 10.5. The quantitative estimate of drug-likeness (QED) is 0.445. The highest BCUT2D eigenvalue weighted by molar-refractivity contribution is 7.99. The zero-order chi connectivity index (χ0) is 18.4. The number of thioether (sulfide) groups is 1. The molecule has 0 saturated carbocycles. The van der Waals surface area contributed by atoms with E-state index >= 15 is 0 Å². The van der Waals surface area contributed by atoms with Crippen molar-refractivity contribution in [3.63, 3.8) is 0 Å². The van der Waals surface area contributed by atoms with Crippen molar-refractivity contribution < 1.29 is 14.3 Å².